The van der Waals surface area contributed by atoms with Crippen molar-refractivity contribution < 1.29 is 18.8 Å². The van der Waals surface area contributed by atoms with E-state index in [4.69, 9.17) is 5.73 Å². The predicted molar refractivity (Wildman–Crippen MR) is 61.7 cm³/mol. The molecule has 0 aromatic heterocycles. The summed E-state index contributed by atoms with van der Waals surface area (Å²) >= 11 is 1.82. The second-order valence-corrected chi connectivity index (χ2v) is 3.97. The van der Waals surface area contributed by atoms with Crippen LogP contribution < -0.4 is 11.2 Å². The molecular weight excluding hydrogens is 330 g/mol. The molecule has 3 N–H and O–H groups in total. The molecule has 1 rings (SSSR count). The lowest BCUT2D eigenvalue weighted by Gasteiger charge is -2.05. The fraction of sp³-hybridized carbons (Fsp3) is 0.111. The number of halogens is 2. The fourth-order valence-corrected chi connectivity index (χ4v) is 1.62. The lowest BCUT2D eigenvalue weighted by Crippen LogP contribution is -2.29. The van der Waals surface area contributed by atoms with Gasteiger partial charge in [-0.1, -0.05) is 0 Å². The van der Waals surface area contributed by atoms with Crippen LogP contribution in [0.5, 0.6) is 0 Å². The van der Waals surface area contributed by atoms with Crippen molar-refractivity contribution >= 4 is 34.4 Å². The Labute approximate surface area is 104 Å². The van der Waals surface area contributed by atoms with Gasteiger partial charge in [0.15, 0.2) is 6.61 Å². The zero-order chi connectivity index (χ0) is 12.1. The zero-order valence-electron chi connectivity index (χ0n) is 8.00. The molecule has 0 aliphatic heterocycles. The average Bonchev–Trinajstić information content (AvgIpc) is 2.16. The van der Waals surface area contributed by atoms with E-state index in [9.17, 15) is 14.0 Å². The van der Waals surface area contributed by atoms with Crippen LogP contribution in [0.25, 0.3) is 0 Å². The van der Waals surface area contributed by atoms with E-state index in [1.807, 2.05) is 28.1 Å². The van der Waals surface area contributed by atoms with Crippen LogP contribution in [0.15, 0.2) is 18.2 Å². The Hall–Kier alpha value is -1.22. The molecule has 86 valence electrons. The van der Waals surface area contributed by atoms with Crippen LogP contribution in [-0.2, 0) is 9.63 Å². The normalized spacial score (nSPS) is 9.88. The van der Waals surface area contributed by atoms with E-state index in [1.165, 1.54) is 12.1 Å². The molecule has 0 bridgehead atoms. The van der Waals surface area contributed by atoms with E-state index in [0.29, 0.717) is 3.57 Å². The average molecular weight is 338 g/mol. The molecule has 0 fully saturated rings. The molecule has 0 radical (unpaired) electrons. The monoisotopic (exact) mass is 338 g/mol. The van der Waals surface area contributed by atoms with Gasteiger partial charge in [0.25, 0.3) is 5.91 Å². The molecule has 0 atom stereocenters. The van der Waals surface area contributed by atoms with Crippen LogP contribution in [0.1, 0.15) is 10.4 Å². The van der Waals surface area contributed by atoms with Crippen molar-refractivity contribution in [2.75, 3.05) is 6.61 Å². The number of nitrogens with one attached hydrogen (secondary N) is 1. The second kappa shape index (κ2) is 5.75. The van der Waals surface area contributed by atoms with E-state index < -0.39 is 24.2 Å². The molecular formula is C9H8FIN2O3. The van der Waals surface area contributed by atoms with Crippen LogP contribution in [-0.4, -0.2) is 18.4 Å². The smallest absolute Gasteiger partial charge is 0.275 e. The Bertz CT molecular complexity index is 425. The third kappa shape index (κ3) is 3.74. The highest BCUT2D eigenvalue weighted by Gasteiger charge is 2.10. The van der Waals surface area contributed by atoms with Crippen molar-refractivity contribution in [3.8, 4) is 0 Å². The van der Waals surface area contributed by atoms with E-state index in [1.54, 1.807) is 0 Å². The first-order chi connectivity index (χ1) is 7.50. The molecule has 0 heterocycles. The maximum Gasteiger partial charge on any atom is 0.275 e. The third-order valence-electron chi connectivity index (χ3n) is 1.56. The highest BCUT2D eigenvalue weighted by atomic mass is 127. The van der Waals surface area contributed by atoms with Crippen LogP contribution in [0.4, 0.5) is 4.39 Å². The summed E-state index contributed by atoms with van der Waals surface area (Å²) in [6.45, 7) is -0.413. The van der Waals surface area contributed by atoms with Gasteiger partial charge in [0.05, 0.1) is 5.56 Å². The van der Waals surface area contributed by atoms with Crippen molar-refractivity contribution in [1.29, 1.82) is 0 Å². The van der Waals surface area contributed by atoms with Crippen molar-refractivity contribution in [3.05, 3.63) is 33.1 Å². The van der Waals surface area contributed by atoms with Gasteiger partial charge in [-0.15, -0.1) is 0 Å². The third-order valence-corrected chi connectivity index (χ3v) is 2.45. The first-order valence-corrected chi connectivity index (χ1v) is 5.24. The summed E-state index contributed by atoms with van der Waals surface area (Å²) in [6.07, 6.45) is 0. The summed E-state index contributed by atoms with van der Waals surface area (Å²) in [4.78, 5) is 26.3. The van der Waals surface area contributed by atoms with Crippen LogP contribution in [0.3, 0.4) is 0 Å². The number of rotatable bonds is 4. The minimum Gasteiger partial charge on any atom is -0.368 e. The van der Waals surface area contributed by atoms with Gasteiger partial charge in [0, 0.05) is 3.57 Å². The highest BCUT2D eigenvalue weighted by Crippen LogP contribution is 2.13. The van der Waals surface area contributed by atoms with Crippen LogP contribution >= 0.6 is 22.6 Å². The molecule has 0 saturated carbocycles. The molecule has 16 heavy (non-hydrogen) atoms. The van der Waals surface area contributed by atoms with Gasteiger partial charge >= 0.3 is 0 Å². The maximum atomic E-state index is 12.7. The number of benzene rings is 1. The molecule has 0 spiro atoms. The predicted octanol–water partition coefficient (Wildman–Crippen LogP) is 0.577. The number of carbonyl (C=O) groups excluding carboxylic acids is 2. The summed E-state index contributed by atoms with van der Waals surface area (Å²) in [6, 6.07) is 3.69. The summed E-state index contributed by atoms with van der Waals surface area (Å²) in [5, 5.41) is 0. The molecule has 2 amide bonds. The van der Waals surface area contributed by atoms with Crippen molar-refractivity contribution in [1.82, 2.24) is 5.48 Å². The lowest BCUT2D eigenvalue weighted by atomic mass is 10.2. The van der Waals surface area contributed by atoms with Gasteiger partial charge in [0.1, 0.15) is 5.82 Å². The molecule has 1 aromatic rings. The second-order valence-electron chi connectivity index (χ2n) is 2.81. The van der Waals surface area contributed by atoms with Crippen LogP contribution in [0.2, 0.25) is 0 Å². The largest absolute Gasteiger partial charge is 0.368 e. The number of carbonyl (C=O) groups is 2. The van der Waals surface area contributed by atoms with Crippen molar-refractivity contribution in [3.63, 3.8) is 0 Å². The topological polar surface area (TPSA) is 81.4 Å². The Morgan fingerprint density at radius 1 is 1.50 bits per heavy atom. The summed E-state index contributed by atoms with van der Waals surface area (Å²) < 4.78 is 13.2. The number of primary amides is 1. The molecule has 0 saturated heterocycles. The maximum absolute atomic E-state index is 12.7. The van der Waals surface area contributed by atoms with Crippen LogP contribution in [0, 0.1) is 9.39 Å². The van der Waals surface area contributed by atoms with E-state index in [-0.39, 0.29) is 5.56 Å². The Morgan fingerprint density at radius 2 is 2.19 bits per heavy atom. The number of nitrogens with two attached hydrogens (primary N) is 1. The summed E-state index contributed by atoms with van der Waals surface area (Å²) in [5.41, 5.74) is 7.08. The van der Waals surface area contributed by atoms with E-state index >= 15 is 0 Å². The van der Waals surface area contributed by atoms with Gasteiger partial charge in [-0.3, -0.25) is 14.4 Å². The molecule has 7 heteroatoms. The van der Waals surface area contributed by atoms with Crippen molar-refractivity contribution in [2.24, 2.45) is 5.73 Å². The lowest BCUT2D eigenvalue weighted by molar-refractivity contribution is -0.124. The molecule has 0 unspecified atom stereocenters. The van der Waals surface area contributed by atoms with Gasteiger partial charge in [-0.2, -0.15) is 0 Å². The molecule has 0 aliphatic carbocycles. The number of hydrogen-bond acceptors (Lipinski definition) is 3. The van der Waals surface area contributed by atoms with Gasteiger partial charge in [-0.05, 0) is 40.8 Å². The number of amides is 2. The SMILES string of the molecule is NC(=O)CONC(=O)c1ccc(F)cc1I. The standard InChI is InChI=1S/C9H8FIN2O3/c10-5-1-2-6(7(11)3-5)9(15)13-16-4-8(12)14/h1-3H,4H2,(H2,12,14)(H,13,15). The quantitative estimate of drug-likeness (QED) is 0.622. The molecule has 5 nitrogen and oxygen atoms in total. The molecule has 1 aromatic carbocycles. The first-order valence-electron chi connectivity index (χ1n) is 4.16. The minimum atomic E-state index is -0.700. The number of hydrogen-bond donors (Lipinski definition) is 2. The fourth-order valence-electron chi connectivity index (χ4n) is 0.901. The Balaban J connectivity index is 2.63. The summed E-state index contributed by atoms with van der Waals surface area (Å²) in [7, 11) is 0. The molecule has 0 aliphatic rings. The van der Waals surface area contributed by atoms with Gasteiger partial charge in [-0.25, -0.2) is 9.87 Å². The zero-order valence-corrected chi connectivity index (χ0v) is 10.2. The van der Waals surface area contributed by atoms with Gasteiger partial charge < -0.3 is 5.73 Å². The van der Waals surface area contributed by atoms with E-state index in [0.717, 1.165) is 6.07 Å². The highest BCUT2D eigenvalue weighted by molar-refractivity contribution is 14.1. The minimum absolute atomic E-state index is 0.256. The number of hydroxylamine groups is 1. The summed E-state index contributed by atoms with van der Waals surface area (Å²) in [5.74, 6) is -1.70. The van der Waals surface area contributed by atoms with Gasteiger partial charge in [0.2, 0.25) is 5.91 Å². The first kappa shape index (κ1) is 12.8. The van der Waals surface area contributed by atoms with Crippen molar-refractivity contribution in [2.45, 2.75) is 0 Å². The Morgan fingerprint density at radius 3 is 2.75 bits per heavy atom. The van der Waals surface area contributed by atoms with E-state index in [2.05, 4.69) is 4.84 Å². The Kier molecular flexibility index (Phi) is 4.62.